The Bertz CT molecular complexity index is 1150. The van der Waals surface area contributed by atoms with Crippen molar-refractivity contribution in [3.8, 4) is 0 Å². The highest BCUT2D eigenvalue weighted by Gasteiger charge is 2.31. The van der Waals surface area contributed by atoms with Gasteiger partial charge in [0.05, 0.1) is 6.54 Å². The van der Waals surface area contributed by atoms with E-state index < -0.39 is 0 Å². The Kier molecular flexibility index (Phi) is 8.29. The quantitative estimate of drug-likeness (QED) is 0.552. The number of benzene rings is 1. The molecular weight excluding hydrogens is 463 g/mol. The molecule has 2 aromatic heterocycles. The zero-order valence-corrected chi connectivity index (χ0v) is 19.8. The average Bonchev–Trinajstić information content (AvgIpc) is 3.25. The van der Waals surface area contributed by atoms with Crippen molar-refractivity contribution < 1.29 is 4.79 Å². The van der Waals surface area contributed by atoms with Crippen LogP contribution in [0.4, 0.5) is 0 Å². The lowest BCUT2D eigenvalue weighted by Gasteiger charge is -2.37. The van der Waals surface area contributed by atoms with Gasteiger partial charge in [0.25, 0.3) is 11.5 Å². The molecule has 0 aliphatic carbocycles. The lowest BCUT2D eigenvalue weighted by atomic mass is 9.84. The smallest absolute Gasteiger partial charge is 0.263 e. The van der Waals surface area contributed by atoms with Crippen molar-refractivity contribution in [2.45, 2.75) is 38.4 Å². The van der Waals surface area contributed by atoms with Gasteiger partial charge in [0.15, 0.2) is 5.82 Å². The number of pyridine rings is 1. The number of rotatable bonds is 6. The monoisotopic (exact) mass is 490 g/mol. The third-order valence-corrected chi connectivity index (χ3v) is 6.34. The number of carbonyl (C=O) groups excluding carboxylic acids is 1. The summed E-state index contributed by atoms with van der Waals surface area (Å²) in [6.45, 7) is 3.44. The van der Waals surface area contributed by atoms with Crippen molar-refractivity contribution in [3.63, 3.8) is 0 Å². The van der Waals surface area contributed by atoms with Crippen LogP contribution in [0.15, 0.2) is 53.6 Å². The van der Waals surface area contributed by atoms with E-state index in [1.54, 1.807) is 17.0 Å². The molecule has 4 heterocycles. The number of aryl methyl sites for hydroxylation is 2. The second kappa shape index (κ2) is 11.0. The van der Waals surface area contributed by atoms with Crippen LogP contribution in [0.2, 0.25) is 0 Å². The molecule has 0 unspecified atom stereocenters. The number of nitrogens with zero attached hydrogens (tertiary/aromatic N) is 4. The van der Waals surface area contributed by atoms with Gasteiger partial charge in [-0.25, -0.2) is 0 Å². The van der Waals surface area contributed by atoms with Crippen molar-refractivity contribution in [1.29, 1.82) is 0 Å². The van der Waals surface area contributed by atoms with E-state index in [9.17, 15) is 9.59 Å². The molecule has 176 valence electrons. The average molecular weight is 491 g/mol. The van der Waals surface area contributed by atoms with Gasteiger partial charge in [-0.15, -0.1) is 35.0 Å². The summed E-state index contributed by atoms with van der Waals surface area (Å²) in [6, 6.07) is 13.8. The van der Waals surface area contributed by atoms with Crippen molar-refractivity contribution in [1.82, 2.24) is 30.0 Å². The molecule has 10 heteroatoms. The molecule has 1 saturated heterocycles. The molecule has 0 radical (unpaired) electrons. The van der Waals surface area contributed by atoms with E-state index in [-0.39, 0.29) is 48.4 Å². The maximum absolute atomic E-state index is 13.0. The third-order valence-electron chi connectivity index (χ3n) is 6.34. The van der Waals surface area contributed by atoms with Gasteiger partial charge in [0.2, 0.25) is 0 Å². The van der Waals surface area contributed by atoms with E-state index in [1.807, 2.05) is 28.8 Å². The van der Waals surface area contributed by atoms with E-state index in [0.29, 0.717) is 24.2 Å². The van der Waals surface area contributed by atoms with Gasteiger partial charge in [0.1, 0.15) is 11.9 Å². The summed E-state index contributed by atoms with van der Waals surface area (Å²) in [6.07, 6.45) is 3.63. The molecule has 1 fully saturated rings. The Balaban J connectivity index is 0.00000153. The van der Waals surface area contributed by atoms with Crippen LogP contribution in [0.1, 0.15) is 39.8 Å². The Morgan fingerprint density at radius 2 is 1.94 bits per heavy atom. The SMILES string of the molecule is Cl.Cl.O=C(NCc1nncn1CCc1ccccc1)c1ccc2n(c1=O)C[C@@H]1CNC[C@H]2C1. The molecule has 0 spiro atoms. The van der Waals surface area contributed by atoms with Crippen LogP contribution in [0.5, 0.6) is 0 Å². The summed E-state index contributed by atoms with van der Waals surface area (Å²) in [7, 11) is 0. The maximum atomic E-state index is 13.0. The highest BCUT2D eigenvalue weighted by molar-refractivity contribution is 5.93. The number of hydrogen-bond acceptors (Lipinski definition) is 5. The minimum absolute atomic E-state index is 0. The Morgan fingerprint density at radius 1 is 1.12 bits per heavy atom. The predicted octanol–water partition coefficient (Wildman–Crippen LogP) is 2.16. The van der Waals surface area contributed by atoms with Crippen molar-refractivity contribution in [3.05, 3.63) is 81.8 Å². The van der Waals surface area contributed by atoms with E-state index >= 15 is 0 Å². The first kappa shape index (κ1) is 25.0. The zero-order valence-electron chi connectivity index (χ0n) is 18.1. The summed E-state index contributed by atoms with van der Waals surface area (Å²) >= 11 is 0. The number of halogens is 2. The molecular formula is C23H28Cl2N6O2. The predicted molar refractivity (Wildman–Crippen MR) is 130 cm³/mol. The minimum Gasteiger partial charge on any atom is -0.345 e. The number of amides is 1. The van der Waals surface area contributed by atoms with Crippen molar-refractivity contribution >= 4 is 30.7 Å². The maximum Gasteiger partial charge on any atom is 0.263 e. The number of hydrogen-bond donors (Lipinski definition) is 2. The second-order valence-electron chi connectivity index (χ2n) is 8.40. The van der Waals surface area contributed by atoms with Gasteiger partial charge in [-0.2, -0.15) is 0 Å². The van der Waals surface area contributed by atoms with E-state index in [4.69, 9.17) is 0 Å². The molecule has 1 amide bonds. The Hall–Kier alpha value is -2.68. The van der Waals surface area contributed by atoms with Crippen LogP contribution in [-0.4, -0.2) is 38.3 Å². The topological polar surface area (TPSA) is 93.8 Å². The van der Waals surface area contributed by atoms with Crippen LogP contribution in [-0.2, 0) is 26.1 Å². The summed E-state index contributed by atoms with van der Waals surface area (Å²) < 4.78 is 3.73. The molecule has 2 atom stereocenters. The molecule has 2 aliphatic heterocycles. The van der Waals surface area contributed by atoms with Crippen molar-refractivity contribution in [2.75, 3.05) is 13.1 Å². The fraction of sp³-hybridized carbons (Fsp3) is 0.391. The van der Waals surface area contributed by atoms with Gasteiger partial charge < -0.3 is 19.8 Å². The standard InChI is InChI=1S/C23H26N6O2.2ClH/c30-22(19-6-7-20-18-10-17(11-24-12-18)14-29(20)23(19)31)25-13-21-27-26-15-28(21)9-8-16-4-2-1-3-5-16;;/h1-7,15,17-18,24H,8-14H2,(H,25,30);2*1H/t17-,18+;;/m0../s1. The molecule has 5 rings (SSSR count). The van der Waals surface area contributed by atoms with Crippen LogP contribution in [0.3, 0.4) is 0 Å². The summed E-state index contributed by atoms with van der Waals surface area (Å²) in [5.41, 5.74) is 2.25. The van der Waals surface area contributed by atoms with Crippen LogP contribution >= 0.6 is 24.8 Å². The van der Waals surface area contributed by atoms with Gasteiger partial charge in [-0.05, 0) is 43.0 Å². The normalized spacial score (nSPS) is 18.4. The fourth-order valence-electron chi connectivity index (χ4n) is 4.71. The number of carbonyl (C=O) groups is 1. The molecule has 33 heavy (non-hydrogen) atoms. The Morgan fingerprint density at radius 3 is 2.76 bits per heavy atom. The molecule has 2 bridgehead atoms. The van der Waals surface area contributed by atoms with Crippen LogP contribution < -0.4 is 16.2 Å². The Labute approximate surface area is 204 Å². The van der Waals surface area contributed by atoms with Gasteiger partial charge in [-0.1, -0.05) is 30.3 Å². The second-order valence-corrected chi connectivity index (χ2v) is 8.40. The number of fused-ring (bicyclic) bond motifs is 4. The summed E-state index contributed by atoms with van der Waals surface area (Å²) in [4.78, 5) is 25.8. The number of aromatic nitrogens is 4. The largest absolute Gasteiger partial charge is 0.345 e. The molecule has 2 aliphatic rings. The third kappa shape index (κ3) is 5.29. The number of nitrogens with one attached hydrogen (secondary N) is 2. The first-order valence-corrected chi connectivity index (χ1v) is 10.8. The highest BCUT2D eigenvalue weighted by atomic mass is 35.5. The van der Waals surface area contributed by atoms with Gasteiger partial charge >= 0.3 is 0 Å². The van der Waals surface area contributed by atoms with E-state index in [2.05, 4.69) is 33.0 Å². The summed E-state index contributed by atoms with van der Waals surface area (Å²) in [5, 5.41) is 14.4. The summed E-state index contributed by atoms with van der Waals surface area (Å²) in [5.74, 6) is 1.10. The van der Waals surface area contributed by atoms with Gasteiger partial charge in [0, 0.05) is 31.2 Å². The van der Waals surface area contributed by atoms with Crippen LogP contribution in [0.25, 0.3) is 0 Å². The van der Waals surface area contributed by atoms with E-state index in [1.165, 1.54) is 5.56 Å². The minimum atomic E-state index is -0.369. The molecule has 0 saturated carbocycles. The first-order chi connectivity index (χ1) is 15.2. The molecule has 3 aromatic rings. The van der Waals surface area contributed by atoms with Crippen molar-refractivity contribution in [2.24, 2.45) is 5.92 Å². The molecule has 8 nitrogen and oxygen atoms in total. The zero-order chi connectivity index (χ0) is 21.2. The van der Waals surface area contributed by atoms with E-state index in [0.717, 1.165) is 38.2 Å². The lowest BCUT2D eigenvalue weighted by molar-refractivity contribution is 0.0946. The fourth-order valence-corrected chi connectivity index (χ4v) is 4.71. The van der Waals surface area contributed by atoms with Gasteiger partial charge in [-0.3, -0.25) is 9.59 Å². The first-order valence-electron chi connectivity index (χ1n) is 10.8. The molecule has 2 N–H and O–H groups in total. The van der Waals surface area contributed by atoms with Crippen LogP contribution in [0, 0.1) is 5.92 Å². The lowest BCUT2D eigenvalue weighted by Crippen LogP contribution is -2.46. The number of piperidine rings is 1. The highest BCUT2D eigenvalue weighted by Crippen LogP contribution is 2.31. The molecule has 1 aromatic carbocycles.